The minimum atomic E-state index is -3.80. The summed E-state index contributed by atoms with van der Waals surface area (Å²) < 4.78 is 34.2. The molecule has 0 unspecified atom stereocenters. The molecular formula is C19H25NO4S. The molecule has 2 aromatic carbocycles. The number of hydrogen-bond acceptors (Lipinski definition) is 5. The van der Waals surface area contributed by atoms with Crippen LogP contribution in [0.25, 0.3) is 0 Å². The zero-order valence-corrected chi connectivity index (χ0v) is 15.5. The van der Waals surface area contributed by atoms with Crippen molar-refractivity contribution in [2.75, 3.05) is 6.54 Å². The van der Waals surface area contributed by atoms with E-state index in [-0.39, 0.29) is 4.90 Å². The number of hydroxylamine groups is 1. The van der Waals surface area contributed by atoms with Gasteiger partial charge in [-0.3, -0.25) is 0 Å². The third-order valence-electron chi connectivity index (χ3n) is 3.65. The molecular weight excluding hydrogens is 338 g/mol. The van der Waals surface area contributed by atoms with Gasteiger partial charge in [0.05, 0.1) is 4.90 Å². The number of hydrogen-bond donors (Lipinski definition) is 1. The predicted octanol–water partition coefficient (Wildman–Crippen LogP) is 4.44. The van der Waals surface area contributed by atoms with Crippen LogP contribution in [0.15, 0.2) is 53.4 Å². The van der Waals surface area contributed by atoms with Gasteiger partial charge in [0.1, 0.15) is 11.5 Å². The van der Waals surface area contributed by atoms with E-state index in [1.54, 1.807) is 19.1 Å². The summed E-state index contributed by atoms with van der Waals surface area (Å²) in [6.45, 7) is 4.34. The highest BCUT2D eigenvalue weighted by Gasteiger charge is 2.15. The van der Waals surface area contributed by atoms with E-state index in [9.17, 15) is 8.42 Å². The maximum Gasteiger partial charge on any atom is 0.312 e. The monoisotopic (exact) mass is 363 g/mol. The van der Waals surface area contributed by atoms with E-state index in [1.807, 2.05) is 12.1 Å². The maximum absolute atomic E-state index is 11.9. The average Bonchev–Trinajstić information content (AvgIpc) is 2.62. The van der Waals surface area contributed by atoms with Gasteiger partial charge in [-0.05, 0) is 54.8 Å². The molecule has 2 aromatic rings. The highest BCUT2D eigenvalue weighted by molar-refractivity contribution is 7.86. The van der Waals surface area contributed by atoms with E-state index in [2.05, 4.69) is 28.8 Å². The molecule has 0 amide bonds. The summed E-state index contributed by atoms with van der Waals surface area (Å²) in [7, 11) is -3.80. The molecule has 0 spiro atoms. The Hall–Kier alpha value is -1.89. The Morgan fingerprint density at radius 1 is 0.880 bits per heavy atom. The summed E-state index contributed by atoms with van der Waals surface area (Å²) in [6.07, 6.45) is 4.73. The molecule has 0 aliphatic rings. The first-order chi connectivity index (χ1) is 12.0. The first-order valence-electron chi connectivity index (χ1n) is 8.58. The highest BCUT2D eigenvalue weighted by atomic mass is 32.2. The van der Waals surface area contributed by atoms with Gasteiger partial charge in [0.25, 0.3) is 0 Å². The van der Waals surface area contributed by atoms with Crippen LogP contribution in [-0.2, 0) is 20.8 Å². The average molecular weight is 363 g/mol. The Labute approximate surface area is 150 Å². The van der Waals surface area contributed by atoms with E-state index in [0.29, 0.717) is 12.3 Å². The summed E-state index contributed by atoms with van der Waals surface area (Å²) in [4.78, 5) is 0.0760. The molecule has 0 aliphatic carbocycles. The van der Waals surface area contributed by atoms with Crippen LogP contribution in [-0.4, -0.2) is 15.0 Å². The maximum atomic E-state index is 11.9. The second-order valence-electron chi connectivity index (χ2n) is 5.71. The van der Waals surface area contributed by atoms with Gasteiger partial charge in [-0.25, -0.2) is 0 Å². The van der Waals surface area contributed by atoms with E-state index in [1.165, 1.54) is 37.0 Å². The molecule has 6 heteroatoms. The van der Waals surface area contributed by atoms with E-state index in [4.69, 9.17) is 4.74 Å². The van der Waals surface area contributed by atoms with E-state index >= 15 is 0 Å². The number of rotatable bonds is 10. The fraction of sp³-hybridized carbons (Fsp3) is 0.368. The first-order valence-corrected chi connectivity index (χ1v) is 9.99. The summed E-state index contributed by atoms with van der Waals surface area (Å²) in [6, 6.07) is 14.1. The molecule has 0 aromatic heterocycles. The van der Waals surface area contributed by atoms with Gasteiger partial charge < -0.3 is 4.74 Å². The van der Waals surface area contributed by atoms with Crippen molar-refractivity contribution in [3.8, 4) is 11.5 Å². The molecule has 25 heavy (non-hydrogen) atoms. The van der Waals surface area contributed by atoms with Crippen molar-refractivity contribution in [2.45, 2.75) is 44.4 Å². The molecule has 0 atom stereocenters. The van der Waals surface area contributed by atoms with E-state index in [0.717, 1.165) is 12.2 Å². The second-order valence-corrected chi connectivity index (χ2v) is 7.26. The molecule has 0 heterocycles. The summed E-state index contributed by atoms with van der Waals surface area (Å²) in [5.41, 5.74) is 3.64. The van der Waals surface area contributed by atoms with Crippen LogP contribution < -0.4 is 10.2 Å². The molecule has 0 saturated heterocycles. The number of aryl methyl sites for hydroxylation is 1. The summed E-state index contributed by atoms with van der Waals surface area (Å²) >= 11 is 0. The molecule has 1 N–H and O–H groups in total. The van der Waals surface area contributed by atoms with Crippen molar-refractivity contribution < 1.29 is 17.4 Å². The highest BCUT2D eigenvalue weighted by Crippen LogP contribution is 2.24. The normalized spacial score (nSPS) is 11.4. The Bertz CT molecular complexity index is 740. The Kier molecular flexibility index (Phi) is 7.43. The van der Waals surface area contributed by atoms with Crippen molar-refractivity contribution in [3.05, 3.63) is 54.1 Å². The summed E-state index contributed by atoms with van der Waals surface area (Å²) in [5, 5.41) is 0. The Balaban J connectivity index is 1.97. The SMILES string of the molecule is CCCCCc1ccc(Oc2ccc(S(=O)(=O)ONCC)cc2)cc1. The molecule has 0 aliphatic heterocycles. The van der Waals surface area contributed by atoms with Crippen LogP contribution in [0.5, 0.6) is 11.5 Å². The third kappa shape index (κ3) is 6.16. The second kappa shape index (κ2) is 9.56. The van der Waals surface area contributed by atoms with Gasteiger partial charge in [0.2, 0.25) is 0 Å². The minimum Gasteiger partial charge on any atom is -0.457 e. The Morgan fingerprint density at radius 2 is 1.48 bits per heavy atom. The first kappa shape index (κ1) is 19.4. The number of benzene rings is 2. The van der Waals surface area contributed by atoms with Gasteiger partial charge >= 0.3 is 10.1 Å². The fourth-order valence-corrected chi connectivity index (χ4v) is 3.14. The zero-order valence-electron chi connectivity index (χ0n) is 14.7. The molecule has 0 fully saturated rings. The van der Waals surface area contributed by atoms with Gasteiger partial charge in [0.15, 0.2) is 0 Å². The van der Waals surface area contributed by atoms with Crippen molar-refractivity contribution in [1.29, 1.82) is 0 Å². The molecule has 2 rings (SSSR count). The van der Waals surface area contributed by atoms with Crippen LogP contribution in [0.4, 0.5) is 0 Å². The zero-order chi connectivity index (χ0) is 18.1. The topological polar surface area (TPSA) is 64.6 Å². The fourth-order valence-electron chi connectivity index (χ4n) is 2.30. The molecule has 0 radical (unpaired) electrons. The number of nitrogens with one attached hydrogen (secondary N) is 1. The van der Waals surface area contributed by atoms with Crippen molar-refractivity contribution >= 4 is 10.1 Å². The summed E-state index contributed by atoms with van der Waals surface area (Å²) in [5.74, 6) is 1.29. The minimum absolute atomic E-state index is 0.0760. The van der Waals surface area contributed by atoms with Crippen LogP contribution in [0.3, 0.4) is 0 Å². The predicted molar refractivity (Wildman–Crippen MR) is 98.1 cm³/mol. The van der Waals surface area contributed by atoms with Crippen molar-refractivity contribution in [2.24, 2.45) is 0 Å². The van der Waals surface area contributed by atoms with Crippen LogP contribution >= 0.6 is 0 Å². The van der Waals surface area contributed by atoms with Crippen molar-refractivity contribution in [1.82, 2.24) is 5.48 Å². The molecule has 0 bridgehead atoms. The number of ether oxygens (including phenoxy) is 1. The molecule has 136 valence electrons. The van der Waals surface area contributed by atoms with Gasteiger partial charge in [-0.15, -0.1) is 0 Å². The van der Waals surface area contributed by atoms with Gasteiger partial charge in [-0.2, -0.15) is 18.2 Å². The standard InChI is InChI=1S/C19H25NO4S/c1-3-5-6-7-16-8-10-17(11-9-16)23-18-12-14-19(15-13-18)25(21,22)24-20-4-2/h8-15,20H,3-7H2,1-2H3. The lowest BCUT2D eigenvalue weighted by Crippen LogP contribution is -2.19. The van der Waals surface area contributed by atoms with Crippen LogP contribution in [0.2, 0.25) is 0 Å². The van der Waals surface area contributed by atoms with Gasteiger partial charge in [-0.1, -0.05) is 38.8 Å². The van der Waals surface area contributed by atoms with E-state index < -0.39 is 10.1 Å². The smallest absolute Gasteiger partial charge is 0.312 e. The van der Waals surface area contributed by atoms with Crippen LogP contribution in [0.1, 0.15) is 38.7 Å². The quantitative estimate of drug-likeness (QED) is 0.499. The lowest BCUT2D eigenvalue weighted by molar-refractivity contribution is 0.210. The molecule has 0 saturated carbocycles. The lowest BCUT2D eigenvalue weighted by Gasteiger charge is -2.08. The van der Waals surface area contributed by atoms with Gasteiger partial charge in [0, 0.05) is 6.54 Å². The Morgan fingerprint density at radius 3 is 2.04 bits per heavy atom. The van der Waals surface area contributed by atoms with Crippen LogP contribution in [0, 0.1) is 0 Å². The van der Waals surface area contributed by atoms with Crippen molar-refractivity contribution in [3.63, 3.8) is 0 Å². The lowest BCUT2D eigenvalue weighted by atomic mass is 10.1. The number of unbranched alkanes of at least 4 members (excludes halogenated alkanes) is 2. The largest absolute Gasteiger partial charge is 0.457 e. The molecule has 5 nitrogen and oxygen atoms in total. The third-order valence-corrected chi connectivity index (χ3v) is 4.84.